The number of nitrogen functional groups attached to an aromatic ring is 1. The molecule has 0 unspecified atom stereocenters. The van der Waals surface area contributed by atoms with Crippen LogP contribution in [-0.4, -0.2) is 34.4 Å². The second-order valence-corrected chi connectivity index (χ2v) is 7.29. The standard InChI is InChI=1S/C14H21N3OS/c1-14(2)10-17(7-8-19-14)9-11-3-5-12(6-4-11)13(18)16-15/h3-6H,7-10,15H2,1-2H3,(H,16,18). The van der Waals surface area contributed by atoms with Gasteiger partial charge in [-0.1, -0.05) is 12.1 Å². The van der Waals surface area contributed by atoms with Crippen molar-refractivity contribution in [1.82, 2.24) is 10.3 Å². The van der Waals surface area contributed by atoms with E-state index in [-0.39, 0.29) is 5.91 Å². The molecule has 1 aliphatic heterocycles. The Morgan fingerprint density at radius 2 is 2.11 bits per heavy atom. The van der Waals surface area contributed by atoms with Gasteiger partial charge in [-0.3, -0.25) is 15.1 Å². The molecule has 5 heteroatoms. The Morgan fingerprint density at radius 3 is 2.68 bits per heavy atom. The molecule has 1 aromatic carbocycles. The van der Waals surface area contributed by atoms with E-state index in [0.29, 0.717) is 10.3 Å². The lowest BCUT2D eigenvalue weighted by atomic mass is 10.1. The van der Waals surface area contributed by atoms with Gasteiger partial charge in [-0.25, -0.2) is 5.84 Å². The minimum atomic E-state index is -0.248. The van der Waals surface area contributed by atoms with E-state index in [4.69, 9.17) is 5.84 Å². The lowest BCUT2D eigenvalue weighted by molar-refractivity contribution is 0.0953. The molecule has 1 saturated heterocycles. The summed E-state index contributed by atoms with van der Waals surface area (Å²) in [6.07, 6.45) is 0. The largest absolute Gasteiger partial charge is 0.297 e. The highest BCUT2D eigenvalue weighted by Gasteiger charge is 2.26. The topological polar surface area (TPSA) is 58.4 Å². The number of amides is 1. The van der Waals surface area contributed by atoms with Crippen LogP contribution in [0.1, 0.15) is 29.8 Å². The average molecular weight is 279 g/mol. The van der Waals surface area contributed by atoms with Gasteiger partial charge in [0.05, 0.1) is 0 Å². The summed E-state index contributed by atoms with van der Waals surface area (Å²) in [7, 11) is 0. The molecule has 0 spiro atoms. The first-order chi connectivity index (χ1) is 9.00. The molecular formula is C14H21N3OS. The first kappa shape index (κ1) is 14.4. The molecular weight excluding hydrogens is 258 g/mol. The van der Waals surface area contributed by atoms with Gasteiger partial charge >= 0.3 is 0 Å². The zero-order valence-corrected chi connectivity index (χ0v) is 12.3. The molecule has 0 saturated carbocycles. The SMILES string of the molecule is CC1(C)CN(Cc2ccc(C(=O)NN)cc2)CCS1. The lowest BCUT2D eigenvalue weighted by Crippen LogP contribution is -2.42. The summed E-state index contributed by atoms with van der Waals surface area (Å²) in [5.41, 5.74) is 3.97. The summed E-state index contributed by atoms with van der Waals surface area (Å²) in [6.45, 7) is 7.74. The van der Waals surface area contributed by atoms with Crippen molar-refractivity contribution in [2.75, 3.05) is 18.8 Å². The van der Waals surface area contributed by atoms with Gasteiger partial charge < -0.3 is 0 Å². The second-order valence-electron chi connectivity index (χ2n) is 5.49. The highest BCUT2D eigenvalue weighted by molar-refractivity contribution is 8.00. The van der Waals surface area contributed by atoms with Crippen molar-refractivity contribution >= 4 is 17.7 Å². The number of hydrazine groups is 1. The molecule has 2 rings (SSSR count). The fourth-order valence-corrected chi connectivity index (χ4v) is 3.53. The average Bonchev–Trinajstić information content (AvgIpc) is 2.37. The predicted molar refractivity (Wildman–Crippen MR) is 79.9 cm³/mol. The Hall–Kier alpha value is -1.04. The summed E-state index contributed by atoms with van der Waals surface area (Å²) in [5.74, 6) is 6.04. The number of carbonyl (C=O) groups excluding carboxylic acids is 1. The van der Waals surface area contributed by atoms with Gasteiger partial charge in [-0.05, 0) is 31.5 Å². The number of hydrogen-bond acceptors (Lipinski definition) is 4. The van der Waals surface area contributed by atoms with Crippen LogP contribution < -0.4 is 11.3 Å². The third-order valence-corrected chi connectivity index (χ3v) is 4.56. The Labute approximate surface area is 118 Å². The van der Waals surface area contributed by atoms with Crippen molar-refractivity contribution in [2.24, 2.45) is 5.84 Å². The molecule has 1 fully saturated rings. The number of thioether (sulfide) groups is 1. The molecule has 1 aliphatic rings. The van der Waals surface area contributed by atoms with Gasteiger partial charge in [0.15, 0.2) is 0 Å². The summed E-state index contributed by atoms with van der Waals surface area (Å²) in [5, 5.41) is 0. The number of benzene rings is 1. The Balaban J connectivity index is 1.98. The molecule has 104 valence electrons. The van der Waals surface area contributed by atoms with Gasteiger partial charge in [0.2, 0.25) is 0 Å². The molecule has 0 aliphatic carbocycles. The van der Waals surface area contributed by atoms with E-state index in [2.05, 4.69) is 24.2 Å². The summed E-state index contributed by atoms with van der Waals surface area (Å²) < 4.78 is 0.331. The third-order valence-electron chi connectivity index (χ3n) is 3.26. The first-order valence-electron chi connectivity index (χ1n) is 6.46. The molecule has 4 nitrogen and oxygen atoms in total. The molecule has 1 amide bonds. The maximum absolute atomic E-state index is 11.4. The van der Waals surface area contributed by atoms with Crippen LogP contribution in [0, 0.1) is 0 Å². The van der Waals surface area contributed by atoms with Crippen LogP contribution in [0.3, 0.4) is 0 Å². The molecule has 0 aromatic heterocycles. The van der Waals surface area contributed by atoms with Crippen molar-refractivity contribution in [3.05, 3.63) is 35.4 Å². The van der Waals surface area contributed by atoms with Crippen LogP contribution in [0.15, 0.2) is 24.3 Å². The van der Waals surface area contributed by atoms with Crippen LogP contribution in [0.2, 0.25) is 0 Å². The molecule has 0 atom stereocenters. The van der Waals surface area contributed by atoms with Gasteiger partial charge in [0.1, 0.15) is 0 Å². The van der Waals surface area contributed by atoms with Crippen molar-refractivity contribution < 1.29 is 4.79 Å². The van der Waals surface area contributed by atoms with E-state index in [1.807, 2.05) is 36.0 Å². The van der Waals surface area contributed by atoms with Crippen molar-refractivity contribution in [3.8, 4) is 0 Å². The molecule has 19 heavy (non-hydrogen) atoms. The summed E-state index contributed by atoms with van der Waals surface area (Å²) in [6, 6.07) is 7.64. The van der Waals surface area contributed by atoms with E-state index in [1.165, 1.54) is 11.3 Å². The smallest absolute Gasteiger partial charge is 0.265 e. The zero-order valence-electron chi connectivity index (χ0n) is 11.5. The van der Waals surface area contributed by atoms with Gasteiger partial charge in [-0.2, -0.15) is 11.8 Å². The zero-order chi connectivity index (χ0) is 13.9. The van der Waals surface area contributed by atoms with Gasteiger partial charge in [-0.15, -0.1) is 0 Å². The molecule has 3 N–H and O–H groups in total. The summed E-state index contributed by atoms with van der Waals surface area (Å²) in [4.78, 5) is 13.8. The molecule has 0 radical (unpaired) electrons. The van der Waals surface area contributed by atoms with Crippen molar-refractivity contribution in [1.29, 1.82) is 0 Å². The Kier molecular flexibility index (Phi) is 4.50. The van der Waals surface area contributed by atoms with Crippen LogP contribution in [0.5, 0.6) is 0 Å². The molecule has 1 aromatic rings. The van der Waals surface area contributed by atoms with Crippen LogP contribution in [0.4, 0.5) is 0 Å². The number of rotatable bonds is 3. The monoisotopic (exact) mass is 279 g/mol. The Bertz CT molecular complexity index is 445. The Morgan fingerprint density at radius 1 is 1.42 bits per heavy atom. The van der Waals surface area contributed by atoms with Crippen LogP contribution in [-0.2, 0) is 6.54 Å². The number of carbonyl (C=O) groups is 1. The van der Waals surface area contributed by atoms with Crippen molar-refractivity contribution in [3.63, 3.8) is 0 Å². The van der Waals surface area contributed by atoms with E-state index in [1.54, 1.807) is 0 Å². The number of nitrogens with zero attached hydrogens (tertiary/aromatic N) is 1. The first-order valence-corrected chi connectivity index (χ1v) is 7.45. The fraction of sp³-hybridized carbons (Fsp3) is 0.500. The summed E-state index contributed by atoms with van der Waals surface area (Å²) >= 11 is 2.04. The van der Waals surface area contributed by atoms with E-state index >= 15 is 0 Å². The van der Waals surface area contributed by atoms with Crippen molar-refractivity contribution in [2.45, 2.75) is 25.1 Å². The third kappa shape index (κ3) is 3.96. The van der Waals surface area contributed by atoms with Gasteiger partial charge in [0.25, 0.3) is 5.91 Å². The second kappa shape index (κ2) is 5.94. The minimum absolute atomic E-state index is 0.248. The highest BCUT2D eigenvalue weighted by Crippen LogP contribution is 2.30. The number of hydrogen-bond donors (Lipinski definition) is 2. The fourth-order valence-electron chi connectivity index (χ4n) is 2.35. The predicted octanol–water partition coefficient (Wildman–Crippen LogP) is 1.62. The quantitative estimate of drug-likeness (QED) is 0.501. The minimum Gasteiger partial charge on any atom is -0.297 e. The maximum atomic E-state index is 11.4. The number of nitrogens with two attached hydrogens (primary N) is 1. The van der Waals surface area contributed by atoms with Crippen LogP contribution >= 0.6 is 11.8 Å². The van der Waals surface area contributed by atoms with Crippen LogP contribution in [0.25, 0.3) is 0 Å². The number of nitrogens with one attached hydrogen (secondary N) is 1. The van der Waals surface area contributed by atoms with E-state index < -0.39 is 0 Å². The van der Waals surface area contributed by atoms with E-state index in [9.17, 15) is 4.79 Å². The normalized spacial score (nSPS) is 19.1. The molecule has 0 bridgehead atoms. The highest BCUT2D eigenvalue weighted by atomic mass is 32.2. The van der Waals surface area contributed by atoms with E-state index in [0.717, 1.165) is 19.6 Å². The lowest BCUT2D eigenvalue weighted by Gasteiger charge is -2.37. The maximum Gasteiger partial charge on any atom is 0.265 e. The van der Waals surface area contributed by atoms with Gasteiger partial charge in [0, 0.05) is 35.7 Å². The molecule has 1 heterocycles.